The molecule has 260 valence electrons. The number of nitrogens with zero attached hydrogens (tertiary/aromatic N) is 2. The molecule has 0 bridgehead atoms. The molecule has 0 fully saturated rings. The molecule has 0 radical (unpaired) electrons. The van der Waals surface area contributed by atoms with Crippen LogP contribution >= 0.6 is 23.1 Å². The number of rotatable bonds is 10. The number of anilines is 2. The van der Waals surface area contributed by atoms with Crippen LogP contribution in [0.1, 0.15) is 49.7 Å². The maximum absolute atomic E-state index is 14.6. The van der Waals surface area contributed by atoms with Gasteiger partial charge in [-0.1, -0.05) is 72.8 Å². The second-order valence-electron chi connectivity index (χ2n) is 11.8. The number of hydrogen-bond acceptors (Lipinski definition) is 7. The van der Waals surface area contributed by atoms with Crippen molar-refractivity contribution in [3.05, 3.63) is 153 Å². The summed E-state index contributed by atoms with van der Waals surface area (Å²) in [6.07, 6.45) is 1.81. The number of nitriles is 1. The maximum atomic E-state index is 14.6. The van der Waals surface area contributed by atoms with Crippen LogP contribution in [-0.4, -0.2) is 35.1 Å². The van der Waals surface area contributed by atoms with Crippen LogP contribution in [0.4, 0.5) is 15.1 Å². The quantitative estimate of drug-likeness (QED) is 0.101. The molecule has 4 amide bonds. The van der Waals surface area contributed by atoms with Gasteiger partial charge in [-0.15, -0.1) is 23.1 Å². The number of nitrogens with one attached hydrogen (secondary N) is 3. The third kappa shape index (κ3) is 8.46. The molecule has 52 heavy (non-hydrogen) atoms. The molecule has 12 heteroatoms. The first kappa shape index (κ1) is 35.8. The Kier molecular flexibility index (Phi) is 11.2. The summed E-state index contributed by atoms with van der Waals surface area (Å²) in [7, 11) is 0. The Morgan fingerprint density at radius 3 is 2.35 bits per heavy atom. The summed E-state index contributed by atoms with van der Waals surface area (Å²) in [5, 5.41) is 18.1. The first-order valence-corrected chi connectivity index (χ1v) is 18.0. The molecule has 6 rings (SSSR count). The molecular formula is C40H32FN5O4S2. The highest BCUT2D eigenvalue weighted by molar-refractivity contribution is 8.00. The Morgan fingerprint density at radius 2 is 1.63 bits per heavy atom. The molecule has 1 atom stereocenters. The molecular weight excluding hydrogens is 698 g/mol. The van der Waals surface area contributed by atoms with Crippen molar-refractivity contribution in [3.63, 3.8) is 0 Å². The zero-order chi connectivity index (χ0) is 36.6. The minimum absolute atomic E-state index is 0.0450. The van der Waals surface area contributed by atoms with Crippen LogP contribution in [0.2, 0.25) is 0 Å². The summed E-state index contributed by atoms with van der Waals surface area (Å²) in [4.78, 5) is 55.9. The highest BCUT2D eigenvalue weighted by atomic mass is 32.2. The van der Waals surface area contributed by atoms with Gasteiger partial charge in [0.05, 0.1) is 12.1 Å². The number of thiophene rings is 1. The van der Waals surface area contributed by atoms with E-state index in [-0.39, 0.29) is 23.1 Å². The van der Waals surface area contributed by atoms with E-state index in [1.807, 2.05) is 30.3 Å². The molecule has 1 aromatic heterocycles. The summed E-state index contributed by atoms with van der Waals surface area (Å²) in [5.74, 6) is -2.17. The van der Waals surface area contributed by atoms with Crippen molar-refractivity contribution in [1.82, 2.24) is 10.2 Å². The second-order valence-corrected chi connectivity index (χ2v) is 14.1. The van der Waals surface area contributed by atoms with Gasteiger partial charge in [0.2, 0.25) is 11.8 Å². The SMILES string of the molecule is CC(=O)N1CCc2c(sc(NC(=O)C(Sc3cccc(NC(=O)/C(=C/c4ccccc4F)NC(=O)c4ccccc4)c3)c3ccccc3)c2C#N)C1. The van der Waals surface area contributed by atoms with Crippen LogP contribution in [-0.2, 0) is 27.3 Å². The Labute approximate surface area is 308 Å². The number of benzene rings is 4. The Morgan fingerprint density at radius 1 is 0.923 bits per heavy atom. The minimum Gasteiger partial charge on any atom is -0.337 e. The van der Waals surface area contributed by atoms with Crippen molar-refractivity contribution in [2.45, 2.75) is 30.0 Å². The van der Waals surface area contributed by atoms with E-state index in [9.17, 15) is 28.8 Å². The molecule has 3 N–H and O–H groups in total. The summed E-state index contributed by atoms with van der Waals surface area (Å²) in [5.41, 5.74) is 2.64. The zero-order valence-corrected chi connectivity index (χ0v) is 29.5. The molecule has 4 aromatic carbocycles. The molecule has 9 nitrogen and oxygen atoms in total. The summed E-state index contributed by atoms with van der Waals surface area (Å²) in [6, 6.07) is 32.6. The lowest BCUT2D eigenvalue weighted by Gasteiger charge is -2.25. The van der Waals surface area contributed by atoms with Crippen LogP contribution in [0.5, 0.6) is 0 Å². The molecule has 5 aromatic rings. The highest BCUT2D eigenvalue weighted by Crippen LogP contribution is 2.40. The van der Waals surface area contributed by atoms with E-state index in [0.29, 0.717) is 46.2 Å². The van der Waals surface area contributed by atoms with Crippen molar-refractivity contribution in [2.75, 3.05) is 17.2 Å². The van der Waals surface area contributed by atoms with Gasteiger partial charge in [0.1, 0.15) is 27.8 Å². The van der Waals surface area contributed by atoms with E-state index in [1.54, 1.807) is 65.6 Å². The number of fused-ring (bicyclic) bond motifs is 1. The third-order valence-electron chi connectivity index (χ3n) is 8.27. The monoisotopic (exact) mass is 729 g/mol. The van der Waals surface area contributed by atoms with Gasteiger partial charge in [-0.05, 0) is 60.0 Å². The van der Waals surface area contributed by atoms with E-state index in [1.165, 1.54) is 54.3 Å². The van der Waals surface area contributed by atoms with Crippen LogP contribution in [0, 0.1) is 17.1 Å². The van der Waals surface area contributed by atoms with Crippen LogP contribution < -0.4 is 16.0 Å². The Bertz CT molecular complexity index is 2220. The van der Waals surface area contributed by atoms with Crippen molar-refractivity contribution in [1.29, 1.82) is 5.26 Å². The van der Waals surface area contributed by atoms with E-state index < -0.39 is 22.9 Å². The predicted octanol–water partition coefficient (Wildman–Crippen LogP) is 7.55. The molecule has 2 heterocycles. The lowest BCUT2D eigenvalue weighted by molar-refractivity contribution is -0.129. The van der Waals surface area contributed by atoms with Gasteiger partial charge >= 0.3 is 0 Å². The first-order chi connectivity index (χ1) is 25.2. The van der Waals surface area contributed by atoms with Gasteiger partial charge in [-0.3, -0.25) is 19.2 Å². The predicted molar refractivity (Wildman–Crippen MR) is 201 cm³/mol. The zero-order valence-electron chi connectivity index (χ0n) is 27.9. The van der Waals surface area contributed by atoms with E-state index in [0.717, 1.165) is 16.0 Å². The largest absolute Gasteiger partial charge is 0.337 e. The minimum atomic E-state index is -0.742. The number of amides is 4. The van der Waals surface area contributed by atoms with Crippen LogP contribution in [0.25, 0.3) is 6.08 Å². The molecule has 0 aliphatic carbocycles. The second kappa shape index (κ2) is 16.3. The van der Waals surface area contributed by atoms with Gasteiger partial charge < -0.3 is 20.9 Å². The van der Waals surface area contributed by atoms with Gasteiger partial charge in [-0.2, -0.15) is 5.26 Å². The topological polar surface area (TPSA) is 131 Å². The first-order valence-electron chi connectivity index (χ1n) is 16.3. The van der Waals surface area contributed by atoms with Gasteiger partial charge in [0.25, 0.3) is 11.8 Å². The molecule has 0 saturated carbocycles. The smallest absolute Gasteiger partial charge is 0.272 e. The van der Waals surface area contributed by atoms with Crippen molar-refractivity contribution >= 4 is 63.5 Å². The number of hydrogen-bond donors (Lipinski definition) is 3. The fourth-order valence-corrected chi connectivity index (χ4v) is 7.93. The number of carbonyl (C=O) groups excluding carboxylic acids is 4. The maximum Gasteiger partial charge on any atom is 0.272 e. The molecule has 1 aliphatic heterocycles. The molecule has 1 unspecified atom stereocenters. The van der Waals surface area contributed by atoms with Gasteiger partial charge in [-0.25, -0.2) is 4.39 Å². The Hall–Kier alpha value is -6.03. The van der Waals surface area contributed by atoms with E-state index in [4.69, 9.17) is 0 Å². The van der Waals surface area contributed by atoms with E-state index >= 15 is 0 Å². The third-order valence-corrected chi connectivity index (χ3v) is 10.7. The average molecular weight is 730 g/mol. The van der Waals surface area contributed by atoms with E-state index in [2.05, 4.69) is 22.0 Å². The lowest BCUT2D eigenvalue weighted by atomic mass is 10.0. The van der Waals surface area contributed by atoms with Gasteiger partial charge in [0.15, 0.2) is 0 Å². The summed E-state index contributed by atoms with van der Waals surface area (Å²) in [6.45, 7) is 2.42. The van der Waals surface area contributed by atoms with Crippen LogP contribution in [0.3, 0.4) is 0 Å². The summed E-state index contributed by atoms with van der Waals surface area (Å²) < 4.78 is 14.6. The molecule has 0 spiro atoms. The van der Waals surface area contributed by atoms with Crippen molar-refractivity contribution in [2.24, 2.45) is 0 Å². The van der Waals surface area contributed by atoms with Crippen molar-refractivity contribution < 1.29 is 23.6 Å². The summed E-state index contributed by atoms with van der Waals surface area (Å²) >= 11 is 2.56. The Balaban J connectivity index is 1.24. The lowest BCUT2D eigenvalue weighted by Crippen LogP contribution is -2.33. The van der Waals surface area contributed by atoms with Gasteiger partial charge in [0, 0.05) is 40.1 Å². The number of carbonyl (C=O) groups is 4. The fraction of sp³-hybridized carbons (Fsp3) is 0.125. The number of thioether (sulfide) groups is 1. The average Bonchev–Trinajstić information content (AvgIpc) is 3.51. The van der Waals surface area contributed by atoms with Crippen molar-refractivity contribution in [3.8, 4) is 6.07 Å². The van der Waals surface area contributed by atoms with Crippen LogP contribution in [0.15, 0.2) is 120 Å². The number of halogens is 1. The molecule has 0 saturated heterocycles. The highest BCUT2D eigenvalue weighted by Gasteiger charge is 2.29. The fourth-order valence-electron chi connectivity index (χ4n) is 5.63. The normalized spacial score (nSPS) is 12.9. The standard InChI is InChI=1S/C40H32FN5O4S2/c1-25(47)46-20-19-31-32(23-42)40(52-35(31)24-46)45-39(50)36(26-11-4-2-5-12-26)51-30-17-10-16-29(22-30)43-38(49)34(21-28-15-8-9-18-33(28)41)44-37(48)27-13-6-3-7-14-27/h2-18,21-22,36H,19-20,24H2,1H3,(H,43,49)(H,44,48)(H,45,50)/b34-21-. The molecule has 1 aliphatic rings.